The number of hydrogen-bond acceptors (Lipinski definition) is 4. The van der Waals surface area contributed by atoms with Crippen molar-refractivity contribution in [2.75, 3.05) is 6.54 Å². The average molecular weight is 249 g/mol. The standard InChI is InChI=1S/C13H15NO2S/c14-8-13(6-1-2-7-13)9-4-3-5-10-11(9)16-12(15)17-10/h3-5H,1-2,6-8,14H2. The lowest BCUT2D eigenvalue weighted by molar-refractivity contribution is 0.446. The van der Waals surface area contributed by atoms with Crippen LogP contribution in [0.5, 0.6) is 0 Å². The highest BCUT2D eigenvalue weighted by Gasteiger charge is 2.36. The minimum atomic E-state index is -0.224. The molecule has 2 aromatic rings. The van der Waals surface area contributed by atoms with Gasteiger partial charge in [0.15, 0.2) is 5.58 Å². The Labute approximate surface area is 103 Å². The maximum atomic E-state index is 11.4. The van der Waals surface area contributed by atoms with Gasteiger partial charge in [-0.25, -0.2) is 4.79 Å². The highest BCUT2D eigenvalue weighted by atomic mass is 32.1. The minimum Gasteiger partial charge on any atom is -0.414 e. The predicted octanol–water partition coefficient (Wildman–Crippen LogP) is 2.63. The van der Waals surface area contributed by atoms with Crippen LogP contribution in [0.4, 0.5) is 0 Å². The summed E-state index contributed by atoms with van der Waals surface area (Å²) in [4.78, 5) is 11.1. The highest BCUT2D eigenvalue weighted by Crippen LogP contribution is 2.43. The van der Waals surface area contributed by atoms with Gasteiger partial charge in [-0.05, 0) is 18.9 Å². The van der Waals surface area contributed by atoms with Crippen LogP contribution >= 0.6 is 11.3 Å². The average Bonchev–Trinajstić information content (AvgIpc) is 2.93. The molecule has 17 heavy (non-hydrogen) atoms. The van der Waals surface area contributed by atoms with Crippen LogP contribution in [-0.2, 0) is 5.41 Å². The van der Waals surface area contributed by atoms with Crippen molar-refractivity contribution in [1.29, 1.82) is 0 Å². The molecule has 0 saturated heterocycles. The van der Waals surface area contributed by atoms with E-state index in [-0.39, 0.29) is 10.4 Å². The quantitative estimate of drug-likeness (QED) is 0.890. The van der Waals surface area contributed by atoms with Gasteiger partial charge in [0.1, 0.15) is 0 Å². The second-order valence-electron chi connectivity index (χ2n) is 4.78. The lowest BCUT2D eigenvalue weighted by atomic mass is 9.79. The summed E-state index contributed by atoms with van der Waals surface area (Å²) in [5.74, 6) is 0. The minimum absolute atomic E-state index is 0.0243. The van der Waals surface area contributed by atoms with Crippen molar-refractivity contribution in [1.82, 2.24) is 0 Å². The Balaban J connectivity index is 2.25. The van der Waals surface area contributed by atoms with Gasteiger partial charge in [0.2, 0.25) is 0 Å². The first-order valence-electron chi connectivity index (χ1n) is 5.98. The first-order valence-corrected chi connectivity index (χ1v) is 6.80. The van der Waals surface area contributed by atoms with Crippen LogP contribution in [0.15, 0.2) is 27.4 Å². The third kappa shape index (κ3) is 1.63. The predicted molar refractivity (Wildman–Crippen MR) is 69.6 cm³/mol. The van der Waals surface area contributed by atoms with E-state index in [1.807, 2.05) is 12.1 Å². The van der Waals surface area contributed by atoms with Crippen molar-refractivity contribution >= 4 is 21.6 Å². The fourth-order valence-electron chi connectivity index (χ4n) is 2.95. The number of hydrogen-bond donors (Lipinski definition) is 1. The molecule has 0 amide bonds. The smallest absolute Gasteiger partial charge is 0.396 e. The first-order chi connectivity index (χ1) is 8.25. The van der Waals surface area contributed by atoms with Gasteiger partial charge < -0.3 is 10.2 Å². The van der Waals surface area contributed by atoms with Crippen molar-refractivity contribution in [3.8, 4) is 0 Å². The lowest BCUT2D eigenvalue weighted by Crippen LogP contribution is -2.32. The van der Waals surface area contributed by atoms with Crippen molar-refractivity contribution < 1.29 is 4.42 Å². The van der Waals surface area contributed by atoms with E-state index in [0.717, 1.165) is 28.7 Å². The maximum Gasteiger partial charge on any atom is 0.396 e. The fraction of sp³-hybridized carbons (Fsp3) is 0.462. The summed E-state index contributed by atoms with van der Waals surface area (Å²) < 4.78 is 6.28. The van der Waals surface area contributed by atoms with Gasteiger partial charge in [-0.3, -0.25) is 0 Å². The van der Waals surface area contributed by atoms with Gasteiger partial charge >= 0.3 is 4.94 Å². The van der Waals surface area contributed by atoms with Crippen LogP contribution in [0.3, 0.4) is 0 Å². The zero-order valence-electron chi connectivity index (χ0n) is 9.57. The molecule has 1 fully saturated rings. The molecular weight excluding hydrogens is 234 g/mol. The Morgan fingerprint density at radius 3 is 2.82 bits per heavy atom. The molecule has 1 aromatic heterocycles. The Kier molecular flexibility index (Phi) is 2.56. The van der Waals surface area contributed by atoms with E-state index in [4.69, 9.17) is 10.2 Å². The Bertz CT molecular complexity index is 593. The summed E-state index contributed by atoms with van der Waals surface area (Å²) in [7, 11) is 0. The van der Waals surface area contributed by atoms with Crippen LogP contribution in [0.2, 0.25) is 0 Å². The number of para-hydroxylation sites is 1. The summed E-state index contributed by atoms with van der Waals surface area (Å²) in [5, 5.41) is 0. The molecule has 3 nitrogen and oxygen atoms in total. The van der Waals surface area contributed by atoms with E-state index in [0.29, 0.717) is 6.54 Å². The fourth-order valence-corrected chi connectivity index (χ4v) is 3.64. The summed E-state index contributed by atoms with van der Waals surface area (Å²) in [6, 6.07) is 6.00. The van der Waals surface area contributed by atoms with E-state index >= 15 is 0 Å². The van der Waals surface area contributed by atoms with Crippen molar-refractivity contribution in [3.05, 3.63) is 33.5 Å². The van der Waals surface area contributed by atoms with E-state index in [1.54, 1.807) is 0 Å². The van der Waals surface area contributed by atoms with Gasteiger partial charge in [0.05, 0.1) is 4.70 Å². The molecule has 2 N–H and O–H groups in total. The molecule has 1 aromatic carbocycles. The molecule has 0 aliphatic heterocycles. The molecule has 1 aliphatic rings. The Hall–Kier alpha value is -1.13. The van der Waals surface area contributed by atoms with E-state index < -0.39 is 0 Å². The monoisotopic (exact) mass is 249 g/mol. The zero-order chi connectivity index (χ0) is 11.9. The van der Waals surface area contributed by atoms with E-state index in [1.165, 1.54) is 24.2 Å². The summed E-state index contributed by atoms with van der Waals surface area (Å²) in [6.07, 6.45) is 4.62. The highest BCUT2D eigenvalue weighted by molar-refractivity contribution is 7.16. The van der Waals surface area contributed by atoms with Crippen molar-refractivity contribution in [3.63, 3.8) is 0 Å². The molecule has 1 saturated carbocycles. The summed E-state index contributed by atoms with van der Waals surface area (Å²) in [5.41, 5.74) is 7.90. The molecule has 0 bridgehead atoms. The largest absolute Gasteiger partial charge is 0.414 e. The van der Waals surface area contributed by atoms with Gasteiger partial charge in [0.25, 0.3) is 0 Å². The third-order valence-electron chi connectivity index (χ3n) is 3.88. The Morgan fingerprint density at radius 2 is 2.12 bits per heavy atom. The number of benzene rings is 1. The van der Waals surface area contributed by atoms with Gasteiger partial charge in [-0.15, -0.1) is 0 Å². The molecular formula is C13H15NO2S. The molecule has 0 unspecified atom stereocenters. The number of rotatable bonds is 2. The number of fused-ring (bicyclic) bond motifs is 1. The van der Waals surface area contributed by atoms with Crippen molar-refractivity contribution in [2.24, 2.45) is 5.73 Å². The van der Waals surface area contributed by atoms with Crippen LogP contribution in [0.1, 0.15) is 31.2 Å². The van der Waals surface area contributed by atoms with Gasteiger partial charge in [-0.2, -0.15) is 0 Å². The second-order valence-corrected chi connectivity index (χ2v) is 5.76. The number of nitrogens with two attached hydrogens (primary N) is 1. The third-order valence-corrected chi connectivity index (χ3v) is 4.67. The summed E-state index contributed by atoms with van der Waals surface area (Å²) in [6.45, 7) is 0.631. The molecule has 90 valence electrons. The molecule has 3 rings (SSSR count). The molecule has 0 radical (unpaired) electrons. The van der Waals surface area contributed by atoms with Crippen LogP contribution < -0.4 is 10.7 Å². The first kappa shape index (κ1) is 11.0. The normalized spacial score (nSPS) is 18.9. The van der Waals surface area contributed by atoms with Gasteiger partial charge in [0, 0.05) is 17.5 Å². The van der Waals surface area contributed by atoms with Crippen molar-refractivity contribution in [2.45, 2.75) is 31.1 Å². The van der Waals surface area contributed by atoms with E-state index in [9.17, 15) is 4.79 Å². The van der Waals surface area contributed by atoms with E-state index in [2.05, 4.69) is 6.07 Å². The van der Waals surface area contributed by atoms with Gasteiger partial charge in [-0.1, -0.05) is 36.3 Å². The SMILES string of the molecule is NCC1(c2cccc3sc(=O)oc23)CCCC1. The topological polar surface area (TPSA) is 56.2 Å². The Morgan fingerprint density at radius 1 is 1.35 bits per heavy atom. The van der Waals surface area contributed by atoms with Crippen LogP contribution in [0.25, 0.3) is 10.3 Å². The molecule has 1 heterocycles. The molecule has 1 aliphatic carbocycles. The van der Waals surface area contributed by atoms with Crippen LogP contribution in [0, 0.1) is 0 Å². The summed E-state index contributed by atoms with van der Waals surface area (Å²) >= 11 is 1.17. The maximum absolute atomic E-state index is 11.4. The molecule has 0 spiro atoms. The zero-order valence-corrected chi connectivity index (χ0v) is 10.4. The lowest BCUT2D eigenvalue weighted by Gasteiger charge is -2.27. The van der Waals surface area contributed by atoms with Crippen LogP contribution in [-0.4, -0.2) is 6.54 Å². The molecule has 0 atom stereocenters. The molecule has 4 heteroatoms. The second kappa shape index (κ2) is 3.96.